The van der Waals surface area contributed by atoms with Crippen LogP contribution in [-0.4, -0.2) is 35.9 Å². The van der Waals surface area contributed by atoms with Crippen molar-refractivity contribution in [2.45, 2.75) is 39.2 Å². The van der Waals surface area contributed by atoms with Crippen molar-refractivity contribution in [2.24, 2.45) is 5.92 Å². The third kappa shape index (κ3) is 5.05. The molecule has 0 aromatic heterocycles. The lowest BCUT2D eigenvalue weighted by Gasteiger charge is -2.37. The molecule has 3 aromatic rings. The van der Waals surface area contributed by atoms with Gasteiger partial charge in [0.1, 0.15) is 5.29 Å². The first-order valence-corrected chi connectivity index (χ1v) is 14.0. The fourth-order valence-corrected chi connectivity index (χ4v) is 9.42. The Hall–Kier alpha value is -2.94. The van der Waals surface area contributed by atoms with Crippen LogP contribution in [0.5, 0.6) is 0 Å². The van der Waals surface area contributed by atoms with Crippen LogP contribution in [0.15, 0.2) is 91.0 Å². The summed E-state index contributed by atoms with van der Waals surface area (Å²) in [6.07, 6.45) is 1.15. The molecule has 4 rings (SSSR count). The molecule has 3 aromatic carbocycles. The summed E-state index contributed by atoms with van der Waals surface area (Å²) in [5, 5.41) is 3.14. The molecular weight excluding hydrogens is 455 g/mol. The highest BCUT2D eigenvalue weighted by Gasteiger charge is 2.42. The van der Waals surface area contributed by atoms with Crippen molar-refractivity contribution in [1.82, 2.24) is 0 Å². The lowest BCUT2D eigenvalue weighted by molar-refractivity contribution is -0.137. The standard InChI is InChI=1S/C30H33O4P/c1-4-33-29(32)28(27(31)23-20-21-34-30(2,3)22-23)35(24-14-8-5-9-15-24,25-16-10-6-11-17-25)26-18-12-7-13-19-26/h5-19,23H,4,20-22H2,1-3H3. The first-order chi connectivity index (χ1) is 16.9. The third-order valence-electron chi connectivity index (χ3n) is 6.54. The van der Waals surface area contributed by atoms with E-state index in [4.69, 9.17) is 9.47 Å². The van der Waals surface area contributed by atoms with Gasteiger partial charge in [-0.25, -0.2) is 4.79 Å². The maximum Gasteiger partial charge on any atom is 0.342 e. The lowest BCUT2D eigenvalue weighted by atomic mass is 9.84. The molecule has 1 aliphatic rings. The van der Waals surface area contributed by atoms with Crippen LogP contribution in [0.2, 0.25) is 0 Å². The summed E-state index contributed by atoms with van der Waals surface area (Å²) in [7, 11) is 0. The van der Waals surface area contributed by atoms with Crippen LogP contribution >= 0.6 is 6.89 Å². The van der Waals surface area contributed by atoms with Crippen LogP contribution in [0.3, 0.4) is 0 Å². The van der Waals surface area contributed by atoms with Crippen LogP contribution in [0.25, 0.3) is 0 Å². The zero-order valence-electron chi connectivity index (χ0n) is 20.6. The molecule has 1 saturated heterocycles. The first-order valence-electron chi connectivity index (χ1n) is 12.2. The molecule has 0 aliphatic carbocycles. The van der Waals surface area contributed by atoms with Gasteiger partial charge in [0.2, 0.25) is 0 Å². The minimum absolute atomic E-state index is 0.121. The molecule has 182 valence electrons. The quantitative estimate of drug-likeness (QED) is 0.279. The molecule has 0 amide bonds. The fraction of sp³-hybridized carbons (Fsp3) is 0.300. The second-order valence-corrected chi connectivity index (χ2v) is 12.7. The Morgan fingerprint density at radius 2 is 1.31 bits per heavy atom. The number of Topliss-reactive ketones (excluding diaryl/α,β-unsaturated/α-hetero) is 1. The minimum atomic E-state index is -2.86. The van der Waals surface area contributed by atoms with E-state index in [2.05, 4.69) is 0 Å². The number of hydrogen-bond donors (Lipinski definition) is 0. The molecule has 0 spiro atoms. The molecule has 1 unspecified atom stereocenters. The number of carbonyl (C=O) groups is 2. The maximum absolute atomic E-state index is 14.5. The van der Waals surface area contributed by atoms with Gasteiger partial charge in [0.15, 0.2) is 5.78 Å². The van der Waals surface area contributed by atoms with Gasteiger partial charge in [-0.15, -0.1) is 0 Å². The Morgan fingerprint density at radius 3 is 1.71 bits per heavy atom. The molecular formula is C30H33O4P. The van der Waals surface area contributed by atoms with E-state index in [-0.39, 0.29) is 23.6 Å². The summed E-state index contributed by atoms with van der Waals surface area (Å²) >= 11 is 0. The highest BCUT2D eigenvalue weighted by atomic mass is 31.2. The van der Waals surface area contributed by atoms with E-state index in [1.54, 1.807) is 6.92 Å². The predicted molar refractivity (Wildman–Crippen MR) is 145 cm³/mol. The average molecular weight is 489 g/mol. The van der Waals surface area contributed by atoms with Crippen LogP contribution in [-0.2, 0) is 19.1 Å². The molecule has 4 nitrogen and oxygen atoms in total. The summed E-state index contributed by atoms with van der Waals surface area (Å²) in [6.45, 7) is 3.62. The molecule has 1 aliphatic heterocycles. The van der Waals surface area contributed by atoms with Crippen LogP contribution in [0, 0.1) is 5.92 Å². The highest BCUT2D eigenvalue weighted by Crippen LogP contribution is 2.47. The molecule has 0 bridgehead atoms. The molecule has 35 heavy (non-hydrogen) atoms. The summed E-state index contributed by atoms with van der Waals surface area (Å²) in [5.41, 5.74) is -0.425. The van der Waals surface area contributed by atoms with E-state index < -0.39 is 18.5 Å². The van der Waals surface area contributed by atoms with Crippen molar-refractivity contribution < 1.29 is 19.1 Å². The van der Waals surface area contributed by atoms with Gasteiger partial charge >= 0.3 is 5.97 Å². The van der Waals surface area contributed by atoms with Crippen molar-refractivity contribution in [3.05, 3.63) is 91.0 Å². The number of ketones is 1. The van der Waals surface area contributed by atoms with Crippen LogP contribution < -0.4 is 15.9 Å². The molecule has 0 saturated carbocycles. The van der Waals surface area contributed by atoms with Crippen molar-refractivity contribution in [3.63, 3.8) is 0 Å². The minimum Gasteiger partial charge on any atom is -0.462 e. The molecule has 0 N–H and O–H groups in total. The molecule has 1 fully saturated rings. The predicted octanol–water partition coefficient (Wildman–Crippen LogP) is 4.49. The molecule has 1 atom stereocenters. The van der Waals surface area contributed by atoms with Crippen LogP contribution in [0.1, 0.15) is 33.6 Å². The monoisotopic (exact) mass is 488 g/mol. The molecule has 5 heteroatoms. The van der Waals surface area contributed by atoms with E-state index >= 15 is 0 Å². The number of ether oxygens (including phenoxy) is 2. The van der Waals surface area contributed by atoms with E-state index in [1.165, 1.54) is 0 Å². The SMILES string of the molecule is CCOC(=O)C(C(=O)C1CCOC(C)(C)C1)=P(c1ccccc1)(c1ccccc1)c1ccccc1. The Labute approximate surface area is 208 Å². The smallest absolute Gasteiger partial charge is 0.342 e. The Kier molecular flexibility index (Phi) is 7.74. The Bertz CT molecular complexity index is 1110. The number of esters is 1. The number of benzene rings is 3. The second-order valence-electron chi connectivity index (χ2n) is 9.41. The Morgan fingerprint density at radius 1 is 0.857 bits per heavy atom. The zero-order chi connectivity index (χ0) is 24.9. The van der Waals surface area contributed by atoms with Gasteiger partial charge in [-0.2, -0.15) is 0 Å². The summed E-state index contributed by atoms with van der Waals surface area (Å²) in [5.74, 6) is -0.954. The van der Waals surface area contributed by atoms with Crippen molar-refractivity contribution in [1.29, 1.82) is 0 Å². The summed E-state index contributed by atoms with van der Waals surface area (Å²) in [6, 6.07) is 29.9. The van der Waals surface area contributed by atoms with E-state index in [9.17, 15) is 9.59 Å². The molecule has 1 heterocycles. The van der Waals surface area contributed by atoms with E-state index in [0.29, 0.717) is 19.4 Å². The summed E-state index contributed by atoms with van der Waals surface area (Å²) in [4.78, 5) is 28.4. The summed E-state index contributed by atoms with van der Waals surface area (Å²) < 4.78 is 11.5. The first kappa shape index (κ1) is 25.2. The second kappa shape index (κ2) is 10.8. The van der Waals surface area contributed by atoms with Crippen molar-refractivity contribution in [2.75, 3.05) is 13.2 Å². The van der Waals surface area contributed by atoms with E-state index in [0.717, 1.165) is 15.9 Å². The number of carbonyl (C=O) groups excluding carboxylic acids is 2. The normalized spacial score (nSPS) is 17.4. The third-order valence-corrected chi connectivity index (χ3v) is 10.8. The topological polar surface area (TPSA) is 52.6 Å². The number of hydrogen-bond acceptors (Lipinski definition) is 4. The average Bonchev–Trinajstić information content (AvgIpc) is 2.88. The fourth-order valence-electron chi connectivity index (χ4n) is 5.04. The van der Waals surface area contributed by atoms with Crippen molar-refractivity contribution >= 4 is 39.8 Å². The Balaban J connectivity index is 2.16. The van der Waals surface area contributed by atoms with Gasteiger partial charge in [0.25, 0.3) is 0 Å². The number of rotatable bonds is 7. The molecule has 0 radical (unpaired) electrons. The van der Waals surface area contributed by atoms with Gasteiger partial charge in [0.05, 0.1) is 12.2 Å². The van der Waals surface area contributed by atoms with Gasteiger partial charge in [-0.3, -0.25) is 4.79 Å². The van der Waals surface area contributed by atoms with Crippen molar-refractivity contribution in [3.8, 4) is 0 Å². The lowest BCUT2D eigenvalue weighted by Crippen LogP contribution is -2.44. The van der Waals surface area contributed by atoms with Crippen LogP contribution in [0.4, 0.5) is 0 Å². The largest absolute Gasteiger partial charge is 0.462 e. The van der Waals surface area contributed by atoms with E-state index in [1.807, 2.05) is 105 Å². The maximum atomic E-state index is 14.5. The van der Waals surface area contributed by atoms with Gasteiger partial charge in [-0.05, 0) is 56.4 Å². The highest BCUT2D eigenvalue weighted by molar-refractivity contribution is 7.97. The van der Waals surface area contributed by atoms with Gasteiger partial charge < -0.3 is 9.47 Å². The van der Waals surface area contributed by atoms with Gasteiger partial charge in [-0.1, -0.05) is 91.0 Å². The van der Waals surface area contributed by atoms with Gasteiger partial charge in [0, 0.05) is 12.5 Å². The zero-order valence-corrected chi connectivity index (χ0v) is 21.5.